The second-order valence-electron chi connectivity index (χ2n) is 6.62. The minimum Gasteiger partial charge on any atom is -0.461 e. The third-order valence-corrected chi connectivity index (χ3v) is 4.72. The number of nitrogens with zero attached hydrogens (tertiary/aromatic N) is 4. The highest BCUT2D eigenvalue weighted by atomic mass is 32.1. The van der Waals surface area contributed by atoms with E-state index in [4.69, 9.17) is 17.0 Å². The molecule has 0 aliphatic rings. The number of thiocarbonyl (C=S) groups is 1. The first-order valence-corrected chi connectivity index (χ1v) is 10.1. The number of carbonyl (C=O) groups is 1. The number of anilines is 2. The van der Waals surface area contributed by atoms with Crippen molar-refractivity contribution in [3.63, 3.8) is 0 Å². The minimum atomic E-state index is -0.615. The van der Waals surface area contributed by atoms with Gasteiger partial charge in [-0.3, -0.25) is 0 Å². The van der Waals surface area contributed by atoms with Gasteiger partial charge in [0, 0.05) is 5.69 Å². The number of aromatic nitrogens is 4. The van der Waals surface area contributed by atoms with Crippen molar-refractivity contribution in [2.24, 2.45) is 0 Å². The van der Waals surface area contributed by atoms with Crippen molar-refractivity contribution in [2.75, 3.05) is 17.2 Å². The van der Waals surface area contributed by atoms with Crippen molar-refractivity contribution < 1.29 is 9.53 Å². The average molecular weight is 433 g/mol. The van der Waals surface area contributed by atoms with Crippen LogP contribution in [0, 0.1) is 6.92 Å². The van der Waals surface area contributed by atoms with Crippen LogP contribution in [0.15, 0.2) is 60.7 Å². The van der Waals surface area contributed by atoms with Crippen molar-refractivity contribution >= 4 is 40.5 Å². The lowest BCUT2D eigenvalue weighted by Crippen LogP contribution is -2.24. The summed E-state index contributed by atoms with van der Waals surface area (Å²) in [6.07, 6.45) is 0. The van der Waals surface area contributed by atoms with E-state index in [0.29, 0.717) is 5.65 Å². The number of nitrogens with one attached hydrogen (secondary N) is 2. The molecule has 156 valence electrons. The maximum absolute atomic E-state index is 12.5. The number of esters is 1. The number of carbonyl (C=O) groups excluding carboxylic acids is 1. The Labute approximate surface area is 184 Å². The molecule has 0 amide bonds. The summed E-state index contributed by atoms with van der Waals surface area (Å²) in [5, 5.41) is 19.5. The molecular formula is C22H20N6O2S. The van der Waals surface area contributed by atoms with Crippen LogP contribution in [-0.2, 0) is 4.74 Å². The van der Waals surface area contributed by atoms with Crippen molar-refractivity contribution in [3.05, 3.63) is 72.1 Å². The third-order valence-electron chi connectivity index (χ3n) is 4.51. The third kappa shape index (κ3) is 4.22. The molecule has 0 unspecified atom stereocenters. The standard InChI is InChI=1S/C22H20N6O2S/c1-3-30-21(29)18-20(24-22(31)23-16-12-8-5-9-13-16)28-19(26-25-18)17(14(2)27-28)15-10-6-4-7-11-15/h4-13H,3H2,1-2H3,(H2,23,24,31). The van der Waals surface area contributed by atoms with Crippen LogP contribution in [0.25, 0.3) is 16.8 Å². The molecule has 8 nitrogen and oxygen atoms in total. The first kappa shape index (κ1) is 20.4. The summed E-state index contributed by atoms with van der Waals surface area (Å²) in [7, 11) is 0. The number of hydrogen-bond donors (Lipinski definition) is 2. The van der Waals surface area contributed by atoms with E-state index in [0.717, 1.165) is 22.5 Å². The van der Waals surface area contributed by atoms with E-state index in [2.05, 4.69) is 25.9 Å². The quantitative estimate of drug-likeness (QED) is 0.360. The van der Waals surface area contributed by atoms with Gasteiger partial charge in [0.1, 0.15) is 0 Å². The molecule has 0 aliphatic carbocycles. The number of hydrogen-bond acceptors (Lipinski definition) is 6. The SMILES string of the molecule is CCOC(=O)c1nnc2c(-c3ccccc3)c(C)nn2c1NC(=S)Nc1ccccc1. The van der Waals surface area contributed by atoms with Gasteiger partial charge in [-0.2, -0.15) is 9.61 Å². The zero-order chi connectivity index (χ0) is 21.8. The van der Waals surface area contributed by atoms with E-state index in [1.165, 1.54) is 4.52 Å². The van der Waals surface area contributed by atoms with Crippen molar-refractivity contribution in [1.29, 1.82) is 0 Å². The van der Waals surface area contributed by atoms with Gasteiger partial charge in [-0.15, -0.1) is 10.2 Å². The number of ether oxygens (including phenoxy) is 1. The van der Waals surface area contributed by atoms with Gasteiger partial charge < -0.3 is 15.4 Å². The summed E-state index contributed by atoms with van der Waals surface area (Å²) in [5.74, 6) is -0.335. The Kier molecular flexibility index (Phi) is 5.85. The first-order chi connectivity index (χ1) is 15.1. The summed E-state index contributed by atoms with van der Waals surface area (Å²) in [5.41, 5.74) is 3.82. The van der Waals surface area contributed by atoms with E-state index in [1.54, 1.807) is 6.92 Å². The topological polar surface area (TPSA) is 93.4 Å². The summed E-state index contributed by atoms with van der Waals surface area (Å²) in [4.78, 5) is 12.5. The Morgan fingerprint density at radius 1 is 1.03 bits per heavy atom. The molecule has 0 saturated carbocycles. The van der Waals surface area contributed by atoms with Gasteiger partial charge >= 0.3 is 5.97 Å². The van der Waals surface area contributed by atoms with E-state index in [9.17, 15) is 4.79 Å². The van der Waals surface area contributed by atoms with Crippen molar-refractivity contribution in [2.45, 2.75) is 13.8 Å². The molecule has 31 heavy (non-hydrogen) atoms. The van der Waals surface area contributed by atoms with Crippen molar-refractivity contribution in [1.82, 2.24) is 19.8 Å². The largest absolute Gasteiger partial charge is 0.461 e. The maximum Gasteiger partial charge on any atom is 0.362 e. The average Bonchev–Trinajstić information content (AvgIpc) is 3.11. The van der Waals surface area contributed by atoms with E-state index >= 15 is 0 Å². The highest BCUT2D eigenvalue weighted by Gasteiger charge is 2.24. The molecule has 0 aliphatic heterocycles. The Morgan fingerprint density at radius 3 is 2.39 bits per heavy atom. The van der Waals surface area contributed by atoms with Gasteiger partial charge in [-0.1, -0.05) is 48.5 Å². The van der Waals surface area contributed by atoms with Gasteiger partial charge in [-0.25, -0.2) is 4.79 Å². The fourth-order valence-corrected chi connectivity index (χ4v) is 3.41. The monoisotopic (exact) mass is 432 g/mol. The van der Waals surface area contributed by atoms with Crippen LogP contribution in [0.2, 0.25) is 0 Å². The van der Waals surface area contributed by atoms with Gasteiger partial charge in [0.05, 0.1) is 17.9 Å². The molecule has 0 atom stereocenters. The number of fused-ring (bicyclic) bond motifs is 1. The first-order valence-electron chi connectivity index (χ1n) is 9.70. The molecule has 2 aromatic heterocycles. The molecule has 2 N–H and O–H groups in total. The van der Waals surface area contributed by atoms with Crippen LogP contribution < -0.4 is 10.6 Å². The predicted octanol–water partition coefficient (Wildman–Crippen LogP) is 4.09. The summed E-state index contributed by atoms with van der Waals surface area (Å²) < 4.78 is 6.69. The van der Waals surface area contributed by atoms with E-state index in [-0.39, 0.29) is 23.2 Å². The van der Waals surface area contributed by atoms with Gasteiger partial charge in [-0.05, 0) is 43.8 Å². The number of rotatable bonds is 5. The number of para-hydroxylation sites is 1. The van der Waals surface area contributed by atoms with Crippen LogP contribution in [-0.4, -0.2) is 37.5 Å². The lowest BCUT2D eigenvalue weighted by Gasteiger charge is -2.13. The fourth-order valence-electron chi connectivity index (χ4n) is 3.19. The zero-order valence-electron chi connectivity index (χ0n) is 17.0. The van der Waals surface area contributed by atoms with Crippen LogP contribution >= 0.6 is 12.2 Å². The second kappa shape index (κ2) is 8.88. The molecular weight excluding hydrogens is 412 g/mol. The number of aryl methyl sites for hydroxylation is 1. The molecule has 0 spiro atoms. The Balaban J connectivity index is 1.80. The van der Waals surface area contributed by atoms with E-state index in [1.807, 2.05) is 67.6 Å². The maximum atomic E-state index is 12.5. The van der Waals surface area contributed by atoms with Gasteiger partial charge in [0.2, 0.25) is 5.69 Å². The molecule has 4 aromatic rings. The number of benzene rings is 2. The smallest absolute Gasteiger partial charge is 0.362 e. The molecule has 4 rings (SSSR count). The van der Waals surface area contributed by atoms with Gasteiger partial charge in [0.15, 0.2) is 16.6 Å². The Hall–Kier alpha value is -3.85. The zero-order valence-corrected chi connectivity index (χ0v) is 17.8. The lowest BCUT2D eigenvalue weighted by molar-refractivity contribution is 0.0519. The normalized spacial score (nSPS) is 10.6. The molecule has 0 bridgehead atoms. The summed E-state index contributed by atoms with van der Waals surface area (Å²) in [6.45, 7) is 3.81. The molecule has 9 heteroatoms. The molecule has 0 fully saturated rings. The molecule has 0 saturated heterocycles. The lowest BCUT2D eigenvalue weighted by atomic mass is 10.1. The molecule has 2 heterocycles. The van der Waals surface area contributed by atoms with Crippen LogP contribution in [0.1, 0.15) is 23.1 Å². The minimum absolute atomic E-state index is 0.00586. The molecule has 0 radical (unpaired) electrons. The Morgan fingerprint density at radius 2 is 1.71 bits per heavy atom. The fraction of sp³-hybridized carbons (Fsp3) is 0.136. The second-order valence-corrected chi connectivity index (χ2v) is 7.03. The predicted molar refractivity (Wildman–Crippen MR) is 123 cm³/mol. The summed E-state index contributed by atoms with van der Waals surface area (Å²) >= 11 is 5.46. The van der Waals surface area contributed by atoms with Crippen molar-refractivity contribution in [3.8, 4) is 11.1 Å². The van der Waals surface area contributed by atoms with Crippen LogP contribution in [0.4, 0.5) is 11.5 Å². The molecule has 2 aromatic carbocycles. The highest BCUT2D eigenvalue weighted by Crippen LogP contribution is 2.29. The van der Waals surface area contributed by atoms with Gasteiger partial charge in [0.25, 0.3) is 0 Å². The Bertz CT molecular complexity index is 1240. The van der Waals surface area contributed by atoms with E-state index < -0.39 is 5.97 Å². The summed E-state index contributed by atoms with van der Waals surface area (Å²) in [6, 6.07) is 19.2. The highest BCUT2D eigenvalue weighted by molar-refractivity contribution is 7.80. The van der Waals surface area contributed by atoms with Crippen LogP contribution in [0.3, 0.4) is 0 Å². The van der Waals surface area contributed by atoms with Crippen LogP contribution in [0.5, 0.6) is 0 Å².